The molecule has 0 saturated carbocycles. The molecule has 0 spiro atoms. The van der Waals surface area contributed by atoms with Crippen LogP contribution >= 0.6 is 0 Å². The minimum absolute atomic E-state index is 0.166. The fraction of sp³-hybridized carbons (Fsp3) is 0.412. The maximum absolute atomic E-state index is 6.40. The van der Waals surface area contributed by atoms with Gasteiger partial charge in [0.1, 0.15) is 55.4 Å². The van der Waals surface area contributed by atoms with Crippen LogP contribution in [0.1, 0.15) is 23.1 Å². The van der Waals surface area contributed by atoms with Gasteiger partial charge in [0.05, 0.1) is 32.5 Å². The fourth-order valence-electron chi connectivity index (χ4n) is 5.42. The summed E-state index contributed by atoms with van der Waals surface area (Å²) in [6.07, 6.45) is 3.65. The standard InChI is InChI=1S/C34H34O7/c1-3-22-5-9-33(40-19-27-17-38-27)31(29(22)11-21(1)2-7-25-14-36-25)13-32-30-12-24(35-15-26-16-37-26)8-4-23(30)6-10-34(32)41-20-28-18-39-28/h1,3-6,8-12,25-28H,2,7,13-20H2. The van der Waals surface area contributed by atoms with Gasteiger partial charge in [-0.15, -0.1) is 0 Å². The van der Waals surface area contributed by atoms with Crippen molar-refractivity contribution in [1.82, 2.24) is 0 Å². The highest BCUT2D eigenvalue weighted by Gasteiger charge is 2.27. The van der Waals surface area contributed by atoms with E-state index < -0.39 is 0 Å². The Labute approximate surface area is 239 Å². The predicted molar refractivity (Wildman–Crippen MR) is 154 cm³/mol. The first-order chi connectivity index (χ1) is 20.2. The van der Waals surface area contributed by atoms with E-state index >= 15 is 0 Å². The smallest absolute Gasteiger partial charge is 0.123 e. The number of aryl methyl sites for hydroxylation is 1. The molecule has 4 aliphatic heterocycles. The maximum Gasteiger partial charge on any atom is 0.123 e. The van der Waals surface area contributed by atoms with Gasteiger partial charge in [0.25, 0.3) is 0 Å². The summed E-state index contributed by atoms with van der Waals surface area (Å²) in [5.41, 5.74) is 3.59. The average Bonchev–Trinajstić information content (AvgIpc) is 3.83. The predicted octanol–water partition coefficient (Wildman–Crippen LogP) is 5.25. The molecule has 4 saturated heterocycles. The second-order valence-corrected chi connectivity index (χ2v) is 11.5. The van der Waals surface area contributed by atoms with Gasteiger partial charge in [0.15, 0.2) is 0 Å². The lowest BCUT2D eigenvalue weighted by Gasteiger charge is -2.19. The summed E-state index contributed by atoms with van der Waals surface area (Å²) in [6.45, 7) is 4.82. The molecule has 4 fully saturated rings. The van der Waals surface area contributed by atoms with Crippen molar-refractivity contribution in [2.24, 2.45) is 0 Å². The van der Waals surface area contributed by atoms with E-state index in [2.05, 4.69) is 54.6 Å². The molecule has 41 heavy (non-hydrogen) atoms. The molecule has 7 nitrogen and oxygen atoms in total. The lowest BCUT2D eigenvalue weighted by atomic mass is 9.92. The Hall–Kier alpha value is -3.36. The molecule has 4 aromatic rings. The minimum atomic E-state index is 0.166. The molecular formula is C34H34O7. The van der Waals surface area contributed by atoms with Crippen molar-refractivity contribution in [3.05, 3.63) is 77.4 Å². The van der Waals surface area contributed by atoms with Crippen LogP contribution in [-0.2, 0) is 31.8 Å². The van der Waals surface area contributed by atoms with Crippen molar-refractivity contribution in [1.29, 1.82) is 0 Å². The summed E-state index contributed by atoms with van der Waals surface area (Å²) in [5.74, 6) is 2.59. The Kier molecular flexibility index (Phi) is 6.68. The number of ether oxygens (including phenoxy) is 7. The maximum atomic E-state index is 6.40. The average molecular weight is 555 g/mol. The van der Waals surface area contributed by atoms with E-state index in [0.29, 0.717) is 32.3 Å². The van der Waals surface area contributed by atoms with Gasteiger partial charge in [0.2, 0.25) is 0 Å². The Morgan fingerprint density at radius 2 is 1.07 bits per heavy atom. The highest BCUT2D eigenvalue weighted by molar-refractivity contribution is 5.92. The van der Waals surface area contributed by atoms with Crippen molar-refractivity contribution in [3.63, 3.8) is 0 Å². The van der Waals surface area contributed by atoms with Gasteiger partial charge >= 0.3 is 0 Å². The minimum Gasteiger partial charge on any atom is -0.491 e. The lowest BCUT2D eigenvalue weighted by Crippen LogP contribution is -2.09. The van der Waals surface area contributed by atoms with Crippen LogP contribution < -0.4 is 14.2 Å². The molecule has 0 aromatic heterocycles. The highest BCUT2D eigenvalue weighted by atomic mass is 16.6. The molecule has 212 valence electrons. The Morgan fingerprint density at radius 1 is 0.561 bits per heavy atom. The molecule has 0 amide bonds. The second-order valence-electron chi connectivity index (χ2n) is 11.5. The van der Waals surface area contributed by atoms with Crippen LogP contribution in [0.15, 0.2) is 60.7 Å². The summed E-state index contributed by atoms with van der Waals surface area (Å²) in [5, 5.41) is 4.66. The van der Waals surface area contributed by atoms with E-state index in [9.17, 15) is 0 Å². The highest BCUT2D eigenvalue weighted by Crippen LogP contribution is 2.38. The second kappa shape index (κ2) is 10.8. The van der Waals surface area contributed by atoms with Gasteiger partial charge in [-0.05, 0) is 64.2 Å². The summed E-state index contributed by atoms with van der Waals surface area (Å²) >= 11 is 0. The number of benzene rings is 4. The molecule has 4 unspecified atom stereocenters. The van der Waals surface area contributed by atoms with E-state index in [0.717, 1.165) is 78.4 Å². The molecule has 4 heterocycles. The normalized spacial score (nSPS) is 23.9. The Bertz CT molecular complexity index is 1440. The number of hydrogen-bond donors (Lipinski definition) is 0. The summed E-state index contributed by atoms with van der Waals surface area (Å²) in [7, 11) is 0. The topological polar surface area (TPSA) is 77.8 Å². The van der Waals surface area contributed by atoms with Crippen LogP contribution in [0.5, 0.6) is 17.2 Å². The van der Waals surface area contributed by atoms with Crippen molar-refractivity contribution in [2.75, 3.05) is 46.2 Å². The van der Waals surface area contributed by atoms with E-state index in [1.165, 1.54) is 16.3 Å². The van der Waals surface area contributed by atoms with E-state index in [4.69, 9.17) is 33.2 Å². The largest absolute Gasteiger partial charge is 0.491 e. The lowest BCUT2D eigenvalue weighted by molar-refractivity contribution is 0.259. The number of fused-ring (bicyclic) bond motifs is 2. The summed E-state index contributed by atoms with van der Waals surface area (Å²) in [6, 6.07) is 21.6. The van der Waals surface area contributed by atoms with Gasteiger partial charge in [0, 0.05) is 17.5 Å². The third kappa shape index (κ3) is 6.14. The Morgan fingerprint density at radius 3 is 1.66 bits per heavy atom. The van der Waals surface area contributed by atoms with Crippen LogP contribution in [0.4, 0.5) is 0 Å². The molecule has 7 heteroatoms. The SMILES string of the molecule is c1cc2ccc(OCC3CO3)c(Cc3c(OCC4CO4)ccc4ccc(OCC5CO5)cc34)c2cc1CCC1CO1. The first-order valence-electron chi connectivity index (χ1n) is 14.7. The van der Waals surface area contributed by atoms with Gasteiger partial charge < -0.3 is 33.2 Å². The van der Waals surface area contributed by atoms with Gasteiger partial charge in [-0.2, -0.15) is 0 Å². The first-order valence-corrected chi connectivity index (χ1v) is 14.7. The monoisotopic (exact) mass is 554 g/mol. The van der Waals surface area contributed by atoms with Gasteiger partial charge in [-0.25, -0.2) is 0 Å². The molecule has 4 aromatic carbocycles. The number of epoxide rings is 4. The summed E-state index contributed by atoms with van der Waals surface area (Å²) in [4.78, 5) is 0. The number of hydrogen-bond acceptors (Lipinski definition) is 7. The quantitative estimate of drug-likeness (QED) is 0.197. The first kappa shape index (κ1) is 25.4. The zero-order valence-electron chi connectivity index (χ0n) is 23.0. The van der Waals surface area contributed by atoms with Crippen molar-refractivity contribution < 1.29 is 33.2 Å². The molecule has 0 bridgehead atoms. The van der Waals surface area contributed by atoms with Crippen LogP contribution in [0.2, 0.25) is 0 Å². The van der Waals surface area contributed by atoms with Crippen LogP contribution in [0.25, 0.3) is 21.5 Å². The molecule has 0 N–H and O–H groups in total. The van der Waals surface area contributed by atoms with Crippen LogP contribution in [0.3, 0.4) is 0 Å². The zero-order chi connectivity index (χ0) is 27.2. The van der Waals surface area contributed by atoms with E-state index in [-0.39, 0.29) is 18.3 Å². The third-order valence-electron chi connectivity index (χ3n) is 8.22. The molecule has 0 aliphatic carbocycles. The summed E-state index contributed by atoms with van der Waals surface area (Å²) < 4.78 is 40.6. The molecular weight excluding hydrogens is 520 g/mol. The van der Waals surface area contributed by atoms with E-state index in [1.54, 1.807) is 0 Å². The zero-order valence-corrected chi connectivity index (χ0v) is 23.0. The van der Waals surface area contributed by atoms with Crippen LogP contribution in [-0.4, -0.2) is 70.7 Å². The van der Waals surface area contributed by atoms with Crippen molar-refractivity contribution in [2.45, 2.75) is 43.7 Å². The molecule has 0 radical (unpaired) electrons. The fourth-order valence-corrected chi connectivity index (χ4v) is 5.42. The molecule has 4 atom stereocenters. The Balaban J connectivity index is 1.21. The number of rotatable bonds is 14. The molecule has 4 aliphatic rings. The van der Waals surface area contributed by atoms with Crippen molar-refractivity contribution >= 4 is 21.5 Å². The van der Waals surface area contributed by atoms with Crippen LogP contribution in [0, 0.1) is 0 Å². The van der Waals surface area contributed by atoms with Gasteiger partial charge in [-0.3, -0.25) is 0 Å². The molecule has 8 rings (SSSR count). The van der Waals surface area contributed by atoms with E-state index in [1.807, 2.05) is 6.07 Å². The van der Waals surface area contributed by atoms with Crippen molar-refractivity contribution in [3.8, 4) is 17.2 Å². The third-order valence-corrected chi connectivity index (χ3v) is 8.22. The van der Waals surface area contributed by atoms with Gasteiger partial charge in [-0.1, -0.05) is 36.4 Å².